The van der Waals surface area contributed by atoms with Gasteiger partial charge in [0.2, 0.25) is 0 Å². The Bertz CT molecular complexity index is 205. The van der Waals surface area contributed by atoms with E-state index in [2.05, 4.69) is 11.9 Å². The second-order valence-corrected chi connectivity index (χ2v) is 2.82. The first-order chi connectivity index (χ1) is 5.33. The lowest BCUT2D eigenvalue weighted by Crippen LogP contribution is -1.83. The first-order valence-electron chi connectivity index (χ1n) is 4.24. The van der Waals surface area contributed by atoms with Gasteiger partial charge in [0.1, 0.15) is 5.76 Å². The molecular formula is C9H15NO. The topological polar surface area (TPSA) is 26.0 Å². The number of oxazole rings is 1. The molecule has 0 aliphatic rings. The lowest BCUT2D eigenvalue weighted by molar-refractivity contribution is 0.461. The summed E-state index contributed by atoms with van der Waals surface area (Å²) >= 11 is 0. The average molecular weight is 153 g/mol. The highest BCUT2D eigenvalue weighted by Crippen LogP contribution is 2.06. The van der Waals surface area contributed by atoms with Gasteiger partial charge in [0.05, 0.1) is 6.20 Å². The Morgan fingerprint density at radius 1 is 1.45 bits per heavy atom. The molecule has 1 aromatic rings. The van der Waals surface area contributed by atoms with Crippen LogP contribution in [0.2, 0.25) is 0 Å². The fourth-order valence-electron chi connectivity index (χ4n) is 1.04. The molecule has 0 spiro atoms. The lowest BCUT2D eigenvalue weighted by Gasteiger charge is -1.92. The average Bonchev–Trinajstić information content (AvgIpc) is 2.37. The molecule has 0 aliphatic heterocycles. The molecule has 1 aromatic heterocycles. The molecule has 2 heteroatoms. The highest BCUT2D eigenvalue weighted by atomic mass is 16.3. The quantitative estimate of drug-likeness (QED) is 0.621. The third-order valence-electron chi connectivity index (χ3n) is 1.66. The molecule has 0 N–H and O–H groups in total. The minimum atomic E-state index is 0.885. The van der Waals surface area contributed by atoms with Gasteiger partial charge in [-0.25, -0.2) is 4.98 Å². The third-order valence-corrected chi connectivity index (χ3v) is 1.66. The zero-order valence-corrected chi connectivity index (χ0v) is 7.26. The van der Waals surface area contributed by atoms with Crippen LogP contribution in [-0.2, 0) is 6.42 Å². The summed E-state index contributed by atoms with van der Waals surface area (Å²) in [5.41, 5.74) is 0. The first-order valence-corrected chi connectivity index (χ1v) is 4.24. The normalized spacial score (nSPS) is 10.4. The minimum absolute atomic E-state index is 0.885. The number of nitrogens with zero attached hydrogens (tertiary/aromatic N) is 1. The molecule has 0 unspecified atom stereocenters. The predicted molar refractivity (Wildman–Crippen MR) is 44.5 cm³/mol. The van der Waals surface area contributed by atoms with Crippen LogP contribution in [0.15, 0.2) is 10.6 Å². The number of hydrogen-bond donors (Lipinski definition) is 0. The van der Waals surface area contributed by atoms with Crippen LogP contribution in [0.1, 0.15) is 37.8 Å². The van der Waals surface area contributed by atoms with Gasteiger partial charge in [-0.1, -0.05) is 19.8 Å². The van der Waals surface area contributed by atoms with Gasteiger partial charge in [-0.2, -0.15) is 0 Å². The molecule has 62 valence electrons. The van der Waals surface area contributed by atoms with E-state index in [1.165, 1.54) is 19.3 Å². The number of aryl methyl sites for hydroxylation is 2. The molecule has 0 aromatic carbocycles. The Balaban J connectivity index is 2.27. The summed E-state index contributed by atoms with van der Waals surface area (Å²) in [4.78, 5) is 4.12. The van der Waals surface area contributed by atoms with Crippen molar-refractivity contribution in [3.63, 3.8) is 0 Å². The lowest BCUT2D eigenvalue weighted by atomic mass is 10.2. The Morgan fingerprint density at radius 2 is 2.27 bits per heavy atom. The molecule has 0 saturated carbocycles. The first kappa shape index (κ1) is 8.31. The van der Waals surface area contributed by atoms with Crippen LogP contribution >= 0.6 is 0 Å². The van der Waals surface area contributed by atoms with Crippen molar-refractivity contribution in [2.45, 2.75) is 39.5 Å². The molecule has 1 heterocycles. The standard InChI is InChI=1S/C9H15NO/c1-3-4-5-6-9-10-7-8(2)11-9/h7H,3-6H2,1-2H3. The predicted octanol–water partition coefficient (Wildman–Crippen LogP) is 2.72. The van der Waals surface area contributed by atoms with Crippen molar-refractivity contribution in [2.24, 2.45) is 0 Å². The van der Waals surface area contributed by atoms with Crippen molar-refractivity contribution >= 4 is 0 Å². The van der Waals surface area contributed by atoms with E-state index in [1.807, 2.05) is 6.92 Å². The van der Waals surface area contributed by atoms with Crippen LogP contribution in [0.3, 0.4) is 0 Å². The SMILES string of the molecule is CCCCCc1ncc(C)o1. The maximum atomic E-state index is 5.32. The van der Waals surface area contributed by atoms with E-state index in [0.717, 1.165) is 18.1 Å². The Labute approximate surface area is 67.6 Å². The zero-order chi connectivity index (χ0) is 8.10. The summed E-state index contributed by atoms with van der Waals surface area (Å²) < 4.78 is 5.32. The van der Waals surface area contributed by atoms with E-state index < -0.39 is 0 Å². The van der Waals surface area contributed by atoms with Crippen molar-refractivity contribution in [3.05, 3.63) is 17.8 Å². The molecule has 0 fully saturated rings. The van der Waals surface area contributed by atoms with Gasteiger partial charge in [-0.15, -0.1) is 0 Å². The summed E-state index contributed by atoms with van der Waals surface area (Å²) in [6.07, 6.45) is 6.47. The van der Waals surface area contributed by atoms with Crippen molar-refractivity contribution in [1.29, 1.82) is 0 Å². The largest absolute Gasteiger partial charge is 0.446 e. The Kier molecular flexibility index (Phi) is 3.14. The van der Waals surface area contributed by atoms with Crippen molar-refractivity contribution in [2.75, 3.05) is 0 Å². The Morgan fingerprint density at radius 3 is 2.82 bits per heavy atom. The second kappa shape index (κ2) is 4.16. The molecule has 0 aliphatic carbocycles. The summed E-state index contributed by atoms with van der Waals surface area (Å²) in [5, 5.41) is 0. The maximum absolute atomic E-state index is 5.32. The van der Waals surface area contributed by atoms with E-state index in [0.29, 0.717) is 0 Å². The van der Waals surface area contributed by atoms with Gasteiger partial charge in [0, 0.05) is 6.42 Å². The zero-order valence-electron chi connectivity index (χ0n) is 7.26. The van der Waals surface area contributed by atoms with Crippen LogP contribution < -0.4 is 0 Å². The fraction of sp³-hybridized carbons (Fsp3) is 0.667. The number of rotatable bonds is 4. The van der Waals surface area contributed by atoms with Gasteiger partial charge in [-0.05, 0) is 13.3 Å². The molecule has 11 heavy (non-hydrogen) atoms. The highest BCUT2D eigenvalue weighted by Gasteiger charge is 1.98. The second-order valence-electron chi connectivity index (χ2n) is 2.82. The highest BCUT2D eigenvalue weighted by molar-refractivity contribution is 4.90. The van der Waals surface area contributed by atoms with Gasteiger partial charge < -0.3 is 4.42 Å². The van der Waals surface area contributed by atoms with Gasteiger partial charge in [0.15, 0.2) is 5.89 Å². The van der Waals surface area contributed by atoms with Crippen molar-refractivity contribution in [1.82, 2.24) is 4.98 Å². The molecule has 0 radical (unpaired) electrons. The minimum Gasteiger partial charge on any atom is -0.446 e. The molecule has 2 nitrogen and oxygen atoms in total. The third kappa shape index (κ3) is 2.74. The molecule has 1 rings (SSSR count). The van der Waals surface area contributed by atoms with Crippen LogP contribution in [0.4, 0.5) is 0 Å². The molecular weight excluding hydrogens is 138 g/mol. The fourth-order valence-corrected chi connectivity index (χ4v) is 1.04. The van der Waals surface area contributed by atoms with Crippen molar-refractivity contribution < 1.29 is 4.42 Å². The number of unbranched alkanes of at least 4 members (excludes halogenated alkanes) is 2. The molecule has 0 amide bonds. The molecule has 0 bridgehead atoms. The van der Waals surface area contributed by atoms with Crippen LogP contribution in [0.25, 0.3) is 0 Å². The maximum Gasteiger partial charge on any atom is 0.194 e. The van der Waals surface area contributed by atoms with Crippen LogP contribution in [0, 0.1) is 6.92 Å². The molecule has 0 atom stereocenters. The van der Waals surface area contributed by atoms with E-state index in [-0.39, 0.29) is 0 Å². The van der Waals surface area contributed by atoms with Gasteiger partial charge in [-0.3, -0.25) is 0 Å². The monoisotopic (exact) mass is 153 g/mol. The van der Waals surface area contributed by atoms with E-state index in [9.17, 15) is 0 Å². The molecule has 0 saturated heterocycles. The van der Waals surface area contributed by atoms with E-state index >= 15 is 0 Å². The number of aromatic nitrogens is 1. The van der Waals surface area contributed by atoms with Crippen molar-refractivity contribution in [3.8, 4) is 0 Å². The van der Waals surface area contributed by atoms with E-state index in [1.54, 1.807) is 6.20 Å². The van der Waals surface area contributed by atoms with E-state index in [4.69, 9.17) is 4.42 Å². The van der Waals surface area contributed by atoms with Crippen LogP contribution in [-0.4, -0.2) is 4.98 Å². The van der Waals surface area contributed by atoms with Gasteiger partial charge >= 0.3 is 0 Å². The summed E-state index contributed by atoms with van der Waals surface area (Å²) in [5.74, 6) is 1.80. The smallest absolute Gasteiger partial charge is 0.194 e. The van der Waals surface area contributed by atoms with Crippen LogP contribution in [0.5, 0.6) is 0 Å². The summed E-state index contributed by atoms with van der Waals surface area (Å²) in [6, 6.07) is 0. The number of hydrogen-bond acceptors (Lipinski definition) is 2. The summed E-state index contributed by atoms with van der Waals surface area (Å²) in [6.45, 7) is 4.12. The van der Waals surface area contributed by atoms with Gasteiger partial charge in [0.25, 0.3) is 0 Å². The summed E-state index contributed by atoms with van der Waals surface area (Å²) in [7, 11) is 0. The Hall–Kier alpha value is -0.790.